The van der Waals surface area contributed by atoms with E-state index in [1.165, 1.54) is 0 Å². The van der Waals surface area contributed by atoms with Gasteiger partial charge in [-0.05, 0) is 45.2 Å². The Morgan fingerprint density at radius 3 is 2.38 bits per heavy atom. The summed E-state index contributed by atoms with van der Waals surface area (Å²) in [4.78, 5) is 4.69. The Balaban J connectivity index is 1.76. The van der Waals surface area contributed by atoms with Crippen molar-refractivity contribution < 1.29 is 9.84 Å². The highest BCUT2D eigenvalue weighted by atomic mass is 16.5. The average Bonchev–Trinajstić information content (AvgIpc) is 2.44. The zero-order valence-corrected chi connectivity index (χ0v) is 13.2. The van der Waals surface area contributed by atoms with Crippen molar-refractivity contribution in [1.29, 1.82) is 0 Å². The summed E-state index contributed by atoms with van der Waals surface area (Å²) >= 11 is 0. The second kappa shape index (κ2) is 7.11. The van der Waals surface area contributed by atoms with Crippen molar-refractivity contribution in [3.8, 4) is 5.75 Å². The lowest BCUT2D eigenvalue weighted by Gasteiger charge is -2.43. The van der Waals surface area contributed by atoms with Gasteiger partial charge in [-0.2, -0.15) is 0 Å². The highest BCUT2D eigenvalue weighted by molar-refractivity contribution is 5.41. The maximum Gasteiger partial charge on any atom is 0.119 e. The predicted octanol–water partition coefficient (Wildman–Crippen LogP) is 1.03. The number of anilines is 1. The number of hydrogen-bond donors (Lipinski definition) is 2. The molecular formula is C16H27N3O2. The number of aliphatic hydroxyl groups is 1. The SMILES string of the molecule is CC1CN(CC(O)COc2ccc(N)cc2)CC(C)N1C. The smallest absolute Gasteiger partial charge is 0.119 e. The molecule has 1 aromatic rings. The van der Waals surface area contributed by atoms with Gasteiger partial charge in [-0.3, -0.25) is 9.80 Å². The molecule has 1 aromatic carbocycles. The Morgan fingerprint density at radius 1 is 1.24 bits per heavy atom. The van der Waals surface area contributed by atoms with Crippen LogP contribution in [0.1, 0.15) is 13.8 Å². The number of piperazine rings is 1. The minimum Gasteiger partial charge on any atom is -0.491 e. The number of nitrogen functional groups attached to an aromatic ring is 1. The summed E-state index contributed by atoms with van der Waals surface area (Å²) in [5, 5.41) is 10.2. The molecule has 21 heavy (non-hydrogen) atoms. The molecule has 0 aromatic heterocycles. The van der Waals surface area contributed by atoms with Crippen LogP contribution >= 0.6 is 0 Å². The monoisotopic (exact) mass is 293 g/mol. The summed E-state index contributed by atoms with van der Waals surface area (Å²) in [5.41, 5.74) is 6.34. The fraction of sp³-hybridized carbons (Fsp3) is 0.625. The molecule has 0 radical (unpaired) electrons. The molecule has 0 aliphatic carbocycles. The lowest BCUT2D eigenvalue weighted by atomic mass is 10.1. The molecule has 3 atom stereocenters. The van der Waals surface area contributed by atoms with Crippen molar-refractivity contribution in [2.75, 3.05) is 39.0 Å². The van der Waals surface area contributed by atoms with Crippen LogP contribution in [0.2, 0.25) is 0 Å². The van der Waals surface area contributed by atoms with Crippen molar-refractivity contribution in [1.82, 2.24) is 9.80 Å². The molecule has 3 N–H and O–H groups in total. The van der Waals surface area contributed by atoms with Gasteiger partial charge in [-0.1, -0.05) is 0 Å². The first-order valence-electron chi connectivity index (χ1n) is 7.56. The highest BCUT2D eigenvalue weighted by Crippen LogP contribution is 2.15. The first-order chi connectivity index (χ1) is 9.95. The van der Waals surface area contributed by atoms with Gasteiger partial charge in [-0.15, -0.1) is 0 Å². The number of benzene rings is 1. The number of aliphatic hydroxyl groups excluding tert-OH is 1. The number of ether oxygens (including phenoxy) is 1. The molecular weight excluding hydrogens is 266 g/mol. The second-order valence-corrected chi connectivity index (χ2v) is 6.12. The number of nitrogens with zero attached hydrogens (tertiary/aromatic N) is 2. The molecule has 0 amide bonds. The van der Waals surface area contributed by atoms with Gasteiger partial charge in [0.15, 0.2) is 0 Å². The Labute approximate surface area is 127 Å². The third-order valence-electron chi connectivity index (χ3n) is 4.23. The van der Waals surface area contributed by atoms with Crippen LogP contribution in [0.25, 0.3) is 0 Å². The third-order valence-corrected chi connectivity index (χ3v) is 4.23. The first kappa shape index (κ1) is 16.1. The first-order valence-corrected chi connectivity index (χ1v) is 7.56. The zero-order chi connectivity index (χ0) is 15.4. The van der Waals surface area contributed by atoms with Crippen molar-refractivity contribution >= 4 is 5.69 Å². The van der Waals surface area contributed by atoms with Gasteiger partial charge in [0.2, 0.25) is 0 Å². The van der Waals surface area contributed by atoms with Gasteiger partial charge in [0.05, 0.1) is 0 Å². The summed E-state index contributed by atoms with van der Waals surface area (Å²) < 4.78 is 5.60. The minimum atomic E-state index is -0.481. The van der Waals surface area contributed by atoms with E-state index < -0.39 is 6.10 Å². The van der Waals surface area contributed by atoms with Gasteiger partial charge in [0.1, 0.15) is 18.5 Å². The van der Waals surface area contributed by atoms with E-state index in [-0.39, 0.29) is 0 Å². The van der Waals surface area contributed by atoms with Crippen LogP contribution in [-0.2, 0) is 0 Å². The third kappa shape index (κ3) is 4.59. The standard InChI is InChI=1S/C16H27N3O2/c1-12-8-19(9-13(2)18(12)3)10-15(20)11-21-16-6-4-14(17)5-7-16/h4-7,12-13,15,20H,8-11,17H2,1-3H3. The molecule has 1 aliphatic heterocycles. The molecule has 3 unspecified atom stereocenters. The normalized spacial score (nSPS) is 25.7. The molecule has 1 fully saturated rings. The Hall–Kier alpha value is -1.30. The van der Waals surface area contributed by atoms with E-state index in [9.17, 15) is 5.11 Å². The van der Waals surface area contributed by atoms with Gasteiger partial charge in [0, 0.05) is 37.4 Å². The van der Waals surface area contributed by atoms with E-state index in [2.05, 4.69) is 30.7 Å². The van der Waals surface area contributed by atoms with Crippen LogP contribution in [-0.4, -0.2) is 66.4 Å². The van der Waals surface area contributed by atoms with Crippen molar-refractivity contribution in [3.05, 3.63) is 24.3 Å². The molecule has 0 saturated carbocycles. The molecule has 2 rings (SSSR count). The Morgan fingerprint density at radius 2 is 1.81 bits per heavy atom. The van der Waals surface area contributed by atoms with E-state index in [4.69, 9.17) is 10.5 Å². The van der Waals surface area contributed by atoms with Crippen LogP contribution in [0.3, 0.4) is 0 Å². The van der Waals surface area contributed by atoms with E-state index in [1.807, 2.05) is 12.1 Å². The largest absolute Gasteiger partial charge is 0.491 e. The molecule has 0 spiro atoms. The van der Waals surface area contributed by atoms with E-state index >= 15 is 0 Å². The van der Waals surface area contributed by atoms with Crippen molar-refractivity contribution in [3.63, 3.8) is 0 Å². The second-order valence-electron chi connectivity index (χ2n) is 6.12. The van der Waals surface area contributed by atoms with Gasteiger partial charge < -0.3 is 15.6 Å². The molecule has 0 bridgehead atoms. The average molecular weight is 293 g/mol. The fourth-order valence-electron chi connectivity index (χ4n) is 2.77. The maximum absolute atomic E-state index is 10.2. The fourth-order valence-corrected chi connectivity index (χ4v) is 2.77. The summed E-state index contributed by atoms with van der Waals surface area (Å²) in [5.74, 6) is 0.739. The molecule has 1 heterocycles. The highest BCUT2D eigenvalue weighted by Gasteiger charge is 2.27. The number of β-amino-alcohol motifs (C(OH)–C–C–N with tert-alkyl or cyclic N) is 1. The Bertz CT molecular complexity index is 426. The van der Waals surface area contributed by atoms with Crippen LogP contribution in [0.4, 0.5) is 5.69 Å². The maximum atomic E-state index is 10.2. The molecule has 1 saturated heterocycles. The van der Waals surface area contributed by atoms with Crippen molar-refractivity contribution in [2.45, 2.75) is 32.0 Å². The predicted molar refractivity (Wildman–Crippen MR) is 85.5 cm³/mol. The number of rotatable bonds is 5. The van der Waals surface area contributed by atoms with Crippen LogP contribution < -0.4 is 10.5 Å². The van der Waals surface area contributed by atoms with E-state index in [1.54, 1.807) is 12.1 Å². The summed E-state index contributed by atoms with van der Waals surface area (Å²) in [6.07, 6.45) is -0.481. The van der Waals surface area contributed by atoms with E-state index in [0.717, 1.165) is 18.8 Å². The summed E-state index contributed by atoms with van der Waals surface area (Å²) in [6.45, 7) is 7.37. The van der Waals surface area contributed by atoms with E-state index in [0.29, 0.717) is 30.9 Å². The summed E-state index contributed by atoms with van der Waals surface area (Å²) in [7, 11) is 2.16. The van der Waals surface area contributed by atoms with Gasteiger partial charge in [-0.25, -0.2) is 0 Å². The van der Waals surface area contributed by atoms with Gasteiger partial charge in [0.25, 0.3) is 0 Å². The Kier molecular flexibility index (Phi) is 5.45. The molecule has 118 valence electrons. The molecule has 1 aliphatic rings. The topological polar surface area (TPSA) is 62.0 Å². The van der Waals surface area contributed by atoms with Crippen LogP contribution in [0.15, 0.2) is 24.3 Å². The molecule has 5 heteroatoms. The van der Waals surface area contributed by atoms with Crippen LogP contribution in [0, 0.1) is 0 Å². The lowest BCUT2D eigenvalue weighted by Crippen LogP contribution is -2.56. The quantitative estimate of drug-likeness (QED) is 0.794. The zero-order valence-electron chi connectivity index (χ0n) is 13.2. The minimum absolute atomic E-state index is 0.305. The number of likely N-dealkylation sites (N-methyl/N-ethyl adjacent to an activating group) is 1. The van der Waals surface area contributed by atoms with Crippen LogP contribution in [0.5, 0.6) is 5.75 Å². The van der Waals surface area contributed by atoms with Crippen molar-refractivity contribution in [2.24, 2.45) is 0 Å². The molecule has 5 nitrogen and oxygen atoms in total. The van der Waals surface area contributed by atoms with Gasteiger partial charge >= 0.3 is 0 Å². The lowest BCUT2D eigenvalue weighted by molar-refractivity contribution is 0.0149. The number of hydrogen-bond acceptors (Lipinski definition) is 5. The number of nitrogens with two attached hydrogens (primary N) is 1. The summed E-state index contributed by atoms with van der Waals surface area (Å²) in [6, 6.07) is 8.26.